The Morgan fingerprint density at radius 2 is 1.81 bits per heavy atom. The zero-order chi connectivity index (χ0) is 21.2. The number of methoxy groups -OCH3 is 1. The Morgan fingerprint density at radius 1 is 1.00 bits per heavy atom. The number of piperazine rings is 1. The van der Waals surface area contributed by atoms with Crippen LogP contribution in [0.5, 0.6) is 5.88 Å². The van der Waals surface area contributed by atoms with Crippen molar-refractivity contribution < 1.29 is 4.74 Å². The second-order valence-corrected chi connectivity index (χ2v) is 8.86. The number of aromatic nitrogens is 3. The third kappa shape index (κ3) is 3.93. The van der Waals surface area contributed by atoms with Gasteiger partial charge in [0.05, 0.1) is 7.11 Å². The largest absolute Gasteiger partial charge is 0.482 e. The van der Waals surface area contributed by atoms with Gasteiger partial charge in [-0.2, -0.15) is 0 Å². The maximum absolute atomic E-state index is 12.6. The molecule has 0 saturated carbocycles. The molecule has 0 radical (unpaired) electrons. The van der Waals surface area contributed by atoms with Crippen molar-refractivity contribution in [1.29, 1.82) is 0 Å². The van der Waals surface area contributed by atoms with Crippen LogP contribution in [0.1, 0.15) is 12.8 Å². The van der Waals surface area contributed by atoms with Gasteiger partial charge in [-0.3, -0.25) is 4.90 Å². The summed E-state index contributed by atoms with van der Waals surface area (Å²) in [4.78, 5) is 17.7. The summed E-state index contributed by atoms with van der Waals surface area (Å²) in [7, 11) is 1.57. The number of fused-ring (bicyclic) bond motifs is 2. The lowest BCUT2D eigenvalue weighted by atomic mass is 10.2. The summed E-state index contributed by atoms with van der Waals surface area (Å²) in [6.45, 7) is 5.95. The molecule has 5 rings (SSSR count). The Kier molecular flexibility index (Phi) is 5.65. The smallest absolute Gasteiger partial charge is 0.353 e. The average molecular weight is 438 g/mol. The lowest BCUT2D eigenvalue weighted by Gasteiger charge is -2.36. The van der Waals surface area contributed by atoms with E-state index in [1.54, 1.807) is 17.9 Å². The molecule has 4 aromatic rings. The zero-order valence-corrected chi connectivity index (χ0v) is 18.6. The highest BCUT2D eigenvalue weighted by Crippen LogP contribution is 2.31. The Bertz CT molecular complexity index is 1240. The number of rotatable bonds is 7. The first kappa shape index (κ1) is 20.1. The first-order chi connectivity index (χ1) is 15.2. The number of hydrogen-bond donors (Lipinski definition) is 0. The molecular weight excluding hydrogens is 410 g/mol. The fraction of sp³-hybridized carbons (Fsp3) is 0.391. The number of nitrogens with zero attached hydrogens (tertiary/aromatic N) is 5. The molecular formula is C23H27N5O2S. The maximum atomic E-state index is 12.6. The molecule has 0 amide bonds. The molecule has 0 N–H and O–H groups in total. The molecule has 1 saturated heterocycles. The van der Waals surface area contributed by atoms with Crippen molar-refractivity contribution >= 4 is 32.8 Å². The Labute approximate surface area is 185 Å². The second-order valence-electron chi connectivity index (χ2n) is 7.91. The number of aryl methyl sites for hydroxylation is 1. The molecule has 31 heavy (non-hydrogen) atoms. The number of thiophene rings is 1. The van der Waals surface area contributed by atoms with Crippen molar-refractivity contribution in [3.63, 3.8) is 0 Å². The van der Waals surface area contributed by atoms with Crippen LogP contribution in [0.3, 0.4) is 0 Å². The molecule has 0 aliphatic carbocycles. The molecule has 8 heteroatoms. The first-order valence-corrected chi connectivity index (χ1v) is 11.7. The summed E-state index contributed by atoms with van der Waals surface area (Å²) in [6, 6.07) is 14.3. The first-order valence-electron chi connectivity index (χ1n) is 10.8. The van der Waals surface area contributed by atoms with E-state index in [9.17, 15) is 4.79 Å². The van der Waals surface area contributed by atoms with Crippen LogP contribution in [0, 0.1) is 0 Å². The topological polar surface area (TPSA) is 55.0 Å². The summed E-state index contributed by atoms with van der Waals surface area (Å²) in [5.41, 5.74) is 1.85. The Morgan fingerprint density at radius 3 is 2.65 bits per heavy atom. The van der Waals surface area contributed by atoms with E-state index >= 15 is 0 Å². The normalized spacial score (nSPS) is 15.2. The Balaban J connectivity index is 1.13. The van der Waals surface area contributed by atoms with Crippen molar-refractivity contribution in [1.82, 2.24) is 19.1 Å². The highest BCUT2D eigenvalue weighted by molar-refractivity contribution is 7.17. The summed E-state index contributed by atoms with van der Waals surface area (Å²) < 4.78 is 9.72. The fourth-order valence-corrected chi connectivity index (χ4v) is 5.21. The molecule has 1 fully saturated rings. The molecule has 4 heterocycles. The van der Waals surface area contributed by atoms with Crippen LogP contribution in [0.4, 0.5) is 5.69 Å². The minimum Gasteiger partial charge on any atom is -0.482 e. The van der Waals surface area contributed by atoms with E-state index in [1.807, 2.05) is 23.5 Å². The van der Waals surface area contributed by atoms with Crippen molar-refractivity contribution in [2.45, 2.75) is 19.4 Å². The van der Waals surface area contributed by atoms with Crippen LogP contribution in [0.15, 0.2) is 52.6 Å². The highest BCUT2D eigenvalue weighted by atomic mass is 32.1. The van der Waals surface area contributed by atoms with E-state index in [0.717, 1.165) is 45.6 Å². The number of pyridine rings is 1. The van der Waals surface area contributed by atoms with Gasteiger partial charge < -0.3 is 9.64 Å². The summed E-state index contributed by atoms with van der Waals surface area (Å²) >= 11 is 1.81. The van der Waals surface area contributed by atoms with Gasteiger partial charge in [0.1, 0.15) is 0 Å². The van der Waals surface area contributed by atoms with Gasteiger partial charge in [-0.25, -0.2) is 13.9 Å². The molecule has 0 atom stereocenters. The predicted octanol–water partition coefficient (Wildman–Crippen LogP) is 3.32. The fourth-order valence-electron chi connectivity index (χ4n) is 4.40. The van der Waals surface area contributed by atoms with Gasteiger partial charge in [0.15, 0.2) is 5.65 Å². The van der Waals surface area contributed by atoms with Gasteiger partial charge in [-0.1, -0.05) is 12.1 Å². The van der Waals surface area contributed by atoms with Crippen LogP contribution in [-0.2, 0) is 6.54 Å². The van der Waals surface area contributed by atoms with Gasteiger partial charge in [0, 0.05) is 48.5 Å². The van der Waals surface area contributed by atoms with Gasteiger partial charge in [-0.15, -0.1) is 16.4 Å². The van der Waals surface area contributed by atoms with E-state index in [-0.39, 0.29) is 5.69 Å². The molecule has 3 aromatic heterocycles. The SMILES string of the molecule is COc1cccc2nn(CCCCN3CCN(c4cccc5sccc45)CC3)c(=O)n12. The van der Waals surface area contributed by atoms with Crippen LogP contribution in [0.2, 0.25) is 0 Å². The third-order valence-corrected chi connectivity index (χ3v) is 6.94. The van der Waals surface area contributed by atoms with Crippen molar-refractivity contribution in [2.24, 2.45) is 0 Å². The van der Waals surface area contributed by atoms with Crippen molar-refractivity contribution in [2.75, 3.05) is 44.7 Å². The number of ether oxygens (including phenoxy) is 1. The van der Waals surface area contributed by atoms with E-state index < -0.39 is 0 Å². The third-order valence-electron chi connectivity index (χ3n) is 6.06. The quantitative estimate of drug-likeness (QED) is 0.415. The number of anilines is 1. The molecule has 0 bridgehead atoms. The van der Waals surface area contributed by atoms with E-state index in [1.165, 1.54) is 20.2 Å². The van der Waals surface area contributed by atoms with Crippen molar-refractivity contribution in [3.05, 3.63) is 58.3 Å². The van der Waals surface area contributed by atoms with Crippen LogP contribution < -0.4 is 15.3 Å². The standard InChI is InChI=1S/C23H27N5O2S/c1-30-22-9-5-8-21-24-27(23(29)28(21)22)12-3-2-11-25-13-15-26(16-14-25)19-6-4-7-20-18(19)10-17-31-20/h4-10,17H,2-3,11-16H2,1H3. The minimum atomic E-state index is -0.135. The summed E-state index contributed by atoms with van der Waals surface area (Å²) in [6.07, 6.45) is 1.98. The number of hydrogen-bond acceptors (Lipinski definition) is 6. The maximum Gasteiger partial charge on any atom is 0.353 e. The molecule has 0 spiro atoms. The van der Waals surface area contributed by atoms with Gasteiger partial charge >= 0.3 is 5.69 Å². The number of benzene rings is 1. The molecule has 1 aromatic carbocycles. The second kappa shape index (κ2) is 8.72. The van der Waals surface area contributed by atoms with Crippen molar-refractivity contribution in [3.8, 4) is 5.88 Å². The molecule has 162 valence electrons. The van der Waals surface area contributed by atoms with Crippen LogP contribution in [0.25, 0.3) is 15.7 Å². The molecule has 1 aliphatic heterocycles. The van der Waals surface area contributed by atoms with Gasteiger partial charge in [0.2, 0.25) is 5.88 Å². The lowest BCUT2D eigenvalue weighted by molar-refractivity contribution is 0.251. The molecule has 0 unspecified atom stereocenters. The number of unbranched alkanes of at least 4 members (excludes halogenated alkanes) is 1. The monoisotopic (exact) mass is 437 g/mol. The minimum absolute atomic E-state index is 0.135. The zero-order valence-electron chi connectivity index (χ0n) is 17.7. The van der Waals surface area contributed by atoms with Gasteiger partial charge in [-0.05, 0) is 55.1 Å². The molecule has 7 nitrogen and oxygen atoms in total. The summed E-state index contributed by atoms with van der Waals surface area (Å²) in [5, 5.41) is 7.98. The van der Waals surface area contributed by atoms with E-state index in [2.05, 4.69) is 44.5 Å². The van der Waals surface area contributed by atoms with E-state index in [0.29, 0.717) is 18.1 Å². The Hall–Kier alpha value is -2.84. The molecule has 1 aliphatic rings. The van der Waals surface area contributed by atoms with Gasteiger partial charge in [0.25, 0.3) is 0 Å². The average Bonchev–Trinajstić information content (AvgIpc) is 3.41. The van der Waals surface area contributed by atoms with Crippen LogP contribution in [-0.4, -0.2) is 58.9 Å². The van der Waals surface area contributed by atoms with Crippen LogP contribution >= 0.6 is 11.3 Å². The van der Waals surface area contributed by atoms with E-state index in [4.69, 9.17) is 4.74 Å². The highest BCUT2D eigenvalue weighted by Gasteiger charge is 2.18. The lowest BCUT2D eigenvalue weighted by Crippen LogP contribution is -2.46. The summed E-state index contributed by atoms with van der Waals surface area (Å²) in [5.74, 6) is 0.518. The predicted molar refractivity (Wildman–Crippen MR) is 126 cm³/mol.